The summed E-state index contributed by atoms with van der Waals surface area (Å²) >= 11 is 0. The average Bonchev–Trinajstić information content (AvgIpc) is 2.26. The minimum Gasteiger partial charge on any atom is -0.508 e. The maximum Gasteiger partial charge on any atom is 0.270 e. The van der Waals surface area contributed by atoms with Crippen molar-refractivity contribution in [1.82, 2.24) is 0 Å². The first-order valence-corrected chi connectivity index (χ1v) is 5.29. The van der Waals surface area contributed by atoms with E-state index in [9.17, 15) is 15.2 Å². The number of nitro groups is 1. The van der Waals surface area contributed by atoms with Gasteiger partial charge in [0, 0.05) is 23.7 Å². The van der Waals surface area contributed by atoms with Gasteiger partial charge in [-0.3, -0.25) is 10.1 Å². The first kappa shape index (κ1) is 15.7. The number of phenolic OH excluding ortho intramolecular Hbond substituents is 1. The summed E-state index contributed by atoms with van der Waals surface area (Å²) in [5.74, 6) is 0.0224. The molecule has 0 aliphatic rings. The van der Waals surface area contributed by atoms with Crippen molar-refractivity contribution in [3.8, 4) is 5.75 Å². The Kier molecular flexibility index (Phi) is 6.53. The summed E-state index contributed by atoms with van der Waals surface area (Å²) in [6, 6.07) is 3.58. The van der Waals surface area contributed by atoms with E-state index in [0.29, 0.717) is 12.0 Å². The number of benzene rings is 1. The molecule has 0 unspecified atom stereocenters. The van der Waals surface area contributed by atoms with Crippen molar-refractivity contribution in [2.24, 2.45) is 5.73 Å². The van der Waals surface area contributed by atoms with Gasteiger partial charge in [0.2, 0.25) is 0 Å². The largest absolute Gasteiger partial charge is 0.508 e. The van der Waals surface area contributed by atoms with Crippen LogP contribution >= 0.6 is 12.4 Å². The first-order valence-electron chi connectivity index (χ1n) is 5.29. The summed E-state index contributed by atoms with van der Waals surface area (Å²) in [5, 5.41) is 20.2. The molecule has 0 saturated heterocycles. The second kappa shape index (κ2) is 7.09. The summed E-state index contributed by atoms with van der Waals surface area (Å²) in [4.78, 5) is 10.1. The molecule has 0 amide bonds. The Morgan fingerprint density at radius 2 is 2.18 bits per heavy atom. The fraction of sp³-hybridized carbons (Fsp3) is 0.455. The Labute approximate surface area is 106 Å². The van der Waals surface area contributed by atoms with Gasteiger partial charge in [-0.2, -0.15) is 0 Å². The Morgan fingerprint density at radius 3 is 2.71 bits per heavy atom. The lowest BCUT2D eigenvalue weighted by Crippen LogP contribution is -2.10. The van der Waals surface area contributed by atoms with Gasteiger partial charge in [0.25, 0.3) is 5.69 Å². The van der Waals surface area contributed by atoms with Crippen molar-refractivity contribution in [3.63, 3.8) is 0 Å². The highest BCUT2D eigenvalue weighted by Gasteiger charge is 2.15. The summed E-state index contributed by atoms with van der Waals surface area (Å²) in [5.41, 5.74) is 6.27. The molecule has 0 spiro atoms. The second-order valence-corrected chi connectivity index (χ2v) is 3.75. The molecule has 3 N–H and O–H groups in total. The Hall–Kier alpha value is -1.33. The molecule has 0 aliphatic carbocycles. The van der Waals surface area contributed by atoms with E-state index < -0.39 is 4.92 Å². The molecular formula is C11H17ClN2O3. The average molecular weight is 261 g/mol. The van der Waals surface area contributed by atoms with Crippen LogP contribution in [0.3, 0.4) is 0 Å². The summed E-state index contributed by atoms with van der Waals surface area (Å²) in [6.45, 7) is 2.04. The predicted molar refractivity (Wildman–Crippen MR) is 68.5 cm³/mol. The van der Waals surface area contributed by atoms with Gasteiger partial charge in [-0.15, -0.1) is 12.4 Å². The van der Waals surface area contributed by atoms with Crippen LogP contribution in [0.4, 0.5) is 5.69 Å². The number of phenols is 1. The first-order chi connectivity index (χ1) is 7.56. The molecule has 1 aromatic rings. The van der Waals surface area contributed by atoms with Gasteiger partial charge in [0.05, 0.1) is 4.92 Å². The van der Waals surface area contributed by atoms with Crippen LogP contribution in [0.2, 0.25) is 0 Å². The second-order valence-electron chi connectivity index (χ2n) is 3.75. The molecule has 5 nitrogen and oxygen atoms in total. The lowest BCUT2D eigenvalue weighted by molar-refractivity contribution is -0.385. The number of nitrogens with two attached hydrogens (primary N) is 1. The zero-order valence-electron chi connectivity index (χ0n) is 9.63. The Balaban J connectivity index is 0.00000256. The van der Waals surface area contributed by atoms with Crippen molar-refractivity contribution in [2.75, 3.05) is 0 Å². The highest BCUT2D eigenvalue weighted by molar-refractivity contribution is 5.85. The lowest BCUT2D eigenvalue weighted by atomic mass is 10.0. The van der Waals surface area contributed by atoms with Crippen LogP contribution in [0.15, 0.2) is 18.2 Å². The molecule has 6 heteroatoms. The van der Waals surface area contributed by atoms with Crippen molar-refractivity contribution in [1.29, 1.82) is 0 Å². The molecule has 0 fully saturated rings. The molecule has 0 bridgehead atoms. The monoisotopic (exact) mass is 260 g/mol. The maximum atomic E-state index is 10.6. The van der Waals surface area contributed by atoms with Gasteiger partial charge in [-0.05, 0) is 12.5 Å². The fourth-order valence-electron chi connectivity index (χ4n) is 1.53. The van der Waals surface area contributed by atoms with E-state index >= 15 is 0 Å². The molecule has 1 atom stereocenters. The summed E-state index contributed by atoms with van der Waals surface area (Å²) in [6.07, 6.45) is 2.65. The minimum absolute atomic E-state index is 0. The van der Waals surface area contributed by atoms with Crippen LogP contribution in [-0.4, -0.2) is 10.0 Å². The van der Waals surface area contributed by atoms with Crippen LogP contribution < -0.4 is 5.73 Å². The third kappa shape index (κ3) is 4.20. The zero-order chi connectivity index (χ0) is 12.1. The lowest BCUT2D eigenvalue weighted by Gasteiger charge is -2.12. The third-order valence-electron chi connectivity index (χ3n) is 2.49. The molecule has 0 radical (unpaired) electrons. The standard InChI is InChI=1S/C11H16N2O3.ClH/c1-2-3-4-10(12)9-7-8(13(15)16)5-6-11(9)14;/h5-7,10,14H,2-4,12H2,1H3;1H/t10-;/m1./s1. The Bertz CT molecular complexity index is 385. The van der Waals surface area contributed by atoms with Crippen LogP contribution in [0, 0.1) is 10.1 Å². The van der Waals surface area contributed by atoms with Gasteiger partial charge in [0.1, 0.15) is 5.75 Å². The van der Waals surface area contributed by atoms with Crippen LogP contribution in [0.1, 0.15) is 37.8 Å². The zero-order valence-corrected chi connectivity index (χ0v) is 10.4. The van der Waals surface area contributed by atoms with E-state index in [1.165, 1.54) is 18.2 Å². The summed E-state index contributed by atoms with van der Waals surface area (Å²) in [7, 11) is 0. The van der Waals surface area contributed by atoms with Crippen LogP contribution in [-0.2, 0) is 0 Å². The highest BCUT2D eigenvalue weighted by atomic mass is 35.5. The highest BCUT2D eigenvalue weighted by Crippen LogP contribution is 2.29. The number of non-ortho nitro benzene ring substituents is 1. The third-order valence-corrected chi connectivity index (χ3v) is 2.49. The number of halogens is 1. The van der Waals surface area contributed by atoms with E-state index in [1.54, 1.807) is 0 Å². The number of rotatable bonds is 5. The molecule has 0 aliphatic heterocycles. The molecular weight excluding hydrogens is 244 g/mol. The fourth-order valence-corrected chi connectivity index (χ4v) is 1.53. The predicted octanol–water partition coefficient (Wildman–Crippen LogP) is 2.91. The number of nitrogens with zero attached hydrogens (tertiary/aromatic N) is 1. The minimum atomic E-state index is -0.491. The smallest absolute Gasteiger partial charge is 0.270 e. The normalized spacial score (nSPS) is 11.6. The van der Waals surface area contributed by atoms with Gasteiger partial charge in [-0.1, -0.05) is 19.8 Å². The molecule has 17 heavy (non-hydrogen) atoms. The van der Waals surface area contributed by atoms with Gasteiger partial charge in [0.15, 0.2) is 0 Å². The van der Waals surface area contributed by atoms with E-state index in [1.807, 2.05) is 6.92 Å². The topological polar surface area (TPSA) is 89.4 Å². The quantitative estimate of drug-likeness (QED) is 0.629. The molecule has 1 aromatic carbocycles. The SMILES string of the molecule is CCCC[C@@H](N)c1cc([N+](=O)[O-])ccc1O.Cl. The van der Waals surface area contributed by atoms with E-state index in [2.05, 4.69) is 0 Å². The number of hydrogen-bond donors (Lipinski definition) is 2. The van der Waals surface area contributed by atoms with Gasteiger partial charge in [-0.25, -0.2) is 0 Å². The maximum absolute atomic E-state index is 10.6. The Morgan fingerprint density at radius 1 is 1.53 bits per heavy atom. The molecule has 0 saturated carbocycles. The van der Waals surface area contributed by atoms with E-state index in [0.717, 1.165) is 12.8 Å². The van der Waals surface area contributed by atoms with Crippen molar-refractivity contribution >= 4 is 18.1 Å². The van der Waals surface area contributed by atoms with Crippen molar-refractivity contribution in [2.45, 2.75) is 32.2 Å². The molecule has 96 valence electrons. The summed E-state index contributed by atoms with van der Waals surface area (Å²) < 4.78 is 0. The van der Waals surface area contributed by atoms with Crippen molar-refractivity contribution in [3.05, 3.63) is 33.9 Å². The number of hydrogen-bond acceptors (Lipinski definition) is 4. The molecule has 0 heterocycles. The number of nitro benzene ring substituents is 1. The van der Waals surface area contributed by atoms with Crippen molar-refractivity contribution < 1.29 is 10.0 Å². The number of unbranched alkanes of at least 4 members (excludes halogenated alkanes) is 1. The van der Waals surface area contributed by atoms with Gasteiger partial charge >= 0.3 is 0 Å². The molecule has 1 rings (SSSR count). The van der Waals surface area contributed by atoms with E-state index in [-0.39, 0.29) is 29.9 Å². The molecule has 0 aromatic heterocycles. The van der Waals surface area contributed by atoms with Crippen LogP contribution in [0.5, 0.6) is 5.75 Å². The number of aromatic hydroxyl groups is 1. The van der Waals surface area contributed by atoms with Gasteiger partial charge < -0.3 is 10.8 Å². The van der Waals surface area contributed by atoms with Crippen LogP contribution in [0.25, 0.3) is 0 Å². The van der Waals surface area contributed by atoms with E-state index in [4.69, 9.17) is 5.73 Å².